The molecule has 0 unspecified atom stereocenters. The summed E-state index contributed by atoms with van der Waals surface area (Å²) in [6, 6.07) is 16.5. The van der Waals surface area contributed by atoms with Gasteiger partial charge in [0, 0.05) is 20.3 Å². The van der Waals surface area contributed by atoms with Crippen molar-refractivity contribution in [3.63, 3.8) is 0 Å². The molecule has 0 heterocycles. The second-order valence-electron chi connectivity index (χ2n) is 7.26. The van der Waals surface area contributed by atoms with Crippen LogP contribution in [0.1, 0.15) is 25.0 Å². The second-order valence-corrected chi connectivity index (χ2v) is 7.26. The lowest BCUT2D eigenvalue weighted by Gasteiger charge is -2.23. The molecule has 0 bridgehead atoms. The van der Waals surface area contributed by atoms with Crippen molar-refractivity contribution >= 4 is 23.9 Å². The highest BCUT2D eigenvalue weighted by Crippen LogP contribution is 2.06. The maximum absolute atomic E-state index is 13.0. The third kappa shape index (κ3) is 10.3. The molecule has 0 fully saturated rings. The Balaban J connectivity index is 2.05. The van der Waals surface area contributed by atoms with Gasteiger partial charge < -0.3 is 24.8 Å². The van der Waals surface area contributed by atoms with E-state index in [1.54, 1.807) is 0 Å². The Morgan fingerprint density at radius 2 is 1.24 bits per heavy atom. The van der Waals surface area contributed by atoms with E-state index in [-0.39, 0.29) is 26.2 Å². The summed E-state index contributed by atoms with van der Waals surface area (Å²) in [5.74, 6) is -1.62. The summed E-state index contributed by atoms with van der Waals surface area (Å²) in [7, 11) is 0. The van der Waals surface area contributed by atoms with Crippen LogP contribution in [0.4, 0.5) is 4.79 Å². The number of alkyl carbamates (subject to hydrolysis) is 1. The van der Waals surface area contributed by atoms with Crippen LogP contribution >= 0.6 is 0 Å². The standard InChI is InChI=1S/C24H28N2O7/c1-17(27)31-15-21(16-32-18(2)28)25-23(29)22(13-19-9-5-3-6-10-19)26-24(30)33-14-20-11-7-4-8-12-20/h3-12,21-22H,13-16H2,1-2H3,(H,25,29)(H,26,30)/t22-/m0/s1. The molecular weight excluding hydrogens is 428 g/mol. The zero-order chi connectivity index (χ0) is 24.1. The molecule has 9 heteroatoms. The van der Waals surface area contributed by atoms with Crippen molar-refractivity contribution in [3.8, 4) is 0 Å². The van der Waals surface area contributed by atoms with E-state index < -0.39 is 36.0 Å². The summed E-state index contributed by atoms with van der Waals surface area (Å²) in [5, 5.41) is 5.25. The normalized spacial score (nSPS) is 11.2. The van der Waals surface area contributed by atoms with Crippen molar-refractivity contribution in [2.24, 2.45) is 0 Å². The number of carbonyl (C=O) groups excluding carboxylic acids is 4. The number of ether oxygens (including phenoxy) is 3. The van der Waals surface area contributed by atoms with Crippen molar-refractivity contribution < 1.29 is 33.4 Å². The molecule has 0 aromatic heterocycles. The monoisotopic (exact) mass is 456 g/mol. The lowest BCUT2D eigenvalue weighted by molar-refractivity contribution is -0.146. The van der Waals surface area contributed by atoms with E-state index in [1.807, 2.05) is 60.7 Å². The molecule has 0 radical (unpaired) electrons. The molecular formula is C24H28N2O7. The smallest absolute Gasteiger partial charge is 0.408 e. The average Bonchev–Trinajstić information content (AvgIpc) is 2.80. The summed E-state index contributed by atoms with van der Waals surface area (Å²) in [6.45, 7) is 2.13. The number of nitrogens with one attached hydrogen (secondary N) is 2. The fraction of sp³-hybridized carbons (Fsp3) is 0.333. The summed E-state index contributed by atoms with van der Waals surface area (Å²) in [6.07, 6.45) is -0.563. The zero-order valence-corrected chi connectivity index (χ0v) is 18.6. The van der Waals surface area contributed by atoms with Crippen LogP contribution in [0.3, 0.4) is 0 Å². The molecule has 2 rings (SSSR count). The molecule has 2 aromatic carbocycles. The van der Waals surface area contributed by atoms with Gasteiger partial charge in [-0.05, 0) is 11.1 Å². The van der Waals surface area contributed by atoms with Gasteiger partial charge in [-0.2, -0.15) is 0 Å². The fourth-order valence-electron chi connectivity index (χ4n) is 2.84. The first-order valence-corrected chi connectivity index (χ1v) is 10.4. The van der Waals surface area contributed by atoms with Crippen LogP contribution in [-0.2, 0) is 41.6 Å². The summed E-state index contributed by atoms with van der Waals surface area (Å²) in [5.41, 5.74) is 1.62. The van der Waals surface area contributed by atoms with Gasteiger partial charge in [-0.1, -0.05) is 60.7 Å². The highest BCUT2D eigenvalue weighted by atomic mass is 16.6. The molecule has 33 heavy (non-hydrogen) atoms. The third-order valence-electron chi connectivity index (χ3n) is 4.43. The topological polar surface area (TPSA) is 120 Å². The molecule has 0 aliphatic rings. The van der Waals surface area contributed by atoms with Crippen LogP contribution in [0.15, 0.2) is 60.7 Å². The summed E-state index contributed by atoms with van der Waals surface area (Å²) in [4.78, 5) is 47.7. The molecule has 0 aliphatic carbocycles. The largest absolute Gasteiger partial charge is 0.464 e. The number of hydrogen-bond acceptors (Lipinski definition) is 7. The van der Waals surface area contributed by atoms with Crippen molar-refractivity contribution in [2.45, 2.75) is 39.0 Å². The van der Waals surface area contributed by atoms with E-state index in [0.717, 1.165) is 11.1 Å². The Hall–Kier alpha value is -3.88. The Bertz CT molecular complexity index is 901. The summed E-state index contributed by atoms with van der Waals surface area (Å²) >= 11 is 0. The molecule has 0 saturated heterocycles. The van der Waals surface area contributed by atoms with Crippen molar-refractivity contribution in [1.82, 2.24) is 10.6 Å². The van der Waals surface area contributed by atoms with Crippen LogP contribution in [0, 0.1) is 0 Å². The first kappa shape index (κ1) is 25.4. The van der Waals surface area contributed by atoms with Gasteiger partial charge in [0.2, 0.25) is 5.91 Å². The Labute approximate surface area is 192 Å². The molecule has 0 spiro atoms. The minimum atomic E-state index is -0.979. The van der Waals surface area contributed by atoms with Crippen LogP contribution < -0.4 is 10.6 Å². The highest BCUT2D eigenvalue weighted by Gasteiger charge is 2.25. The predicted molar refractivity (Wildman–Crippen MR) is 119 cm³/mol. The van der Waals surface area contributed by atoms with Gasteiger partial charge in [-0.15, -0.1) is 0 Å². The maximum Gasteiger partial charge on any atom is 0.408 e. The summed E-state index contributed by atoms with van der Waals surface area (Å²) < 4.78 is 15.1. The van der Waals surface area contributed by atoms with Gasteiger partial charge >= 0.3 is 18.0 Å². The van der Waals surface area contributed by atoms with Crippen LogP contribution in [0.25, 0.3) is 0 Å². The molecule has 176 valence electrons. The minimum Gasteiger partial charge on any atom is -0.464 e. The number of rotatable bonds is 11. The third-order valence-corrected chi connectivity index (χ3v) is 4.43. The molecule has 9 nitrogen and oxygen atoms in total. The van der Waals surface area contributed by atoms with E-state index in [2.05, 4.69) is 10.6 Å². The van der Waals surface area contributed by atoms with Gasteiger partial charge in [-0.25, -0.2) is 4.79 Å². The molecule has 2 N–H and O–H groups in total. The first-order valence-electron chi connectivity index (χ1n) is 10.4. The number of esters is 2. The first-order chi connectivity index (χ1) is 15.8. The molecule has 2 aromatic rings. The SMILES string of the molecule is CC(=O)OCC(COC(C)=O)NC(=O)[C@H](Cc1ccccc1)NC(=O)OCc1ccccc1. The van der Waals surface area contributed by atoms with E-state index in [0.29, 0.717) is 0 Å². The van der Waals surface area contributed by atoms with Crippen LogP contribution in [0.2, 0.25) is 0 Å². The Morgan fingerprint density at radius 1 is 0.727 bits per heavy atom. The van der Waals surface area contributed by atoms with E-state index >= 15 is 0 Å². The van der Waals surface area contributed by atoms with Crippen LogP contribution in [-0.4, -0.2) is 49.2 Å². The Kier molecular flexibility index (Phi) is 10.4. The highest BCUT2D eigenvalue weighted by molar-refractivity contribution is 5.86. The van der Waals surface area contributed by atoms with Crippen molar-refractivity contribution in [1.29, 1.82) is 0 Å². The minimum absolute atomic E-state index is 0.0495. The van der Waals surface area contributed by atoms with Gasteiger partial charge in [0.25, 0.3) is 0 Å². The van der Waals surface area contributed by atoms with Crippen molar-refractivity contribution in [2.75, 3.05) is 13.2 Å². The zero-order valence-electron chi connectivity index (χ0n) is 18.6. The van der Waals surface area contributed by atoms with Gasteiger partial charge in [-0.3, -0.25) is 14.4 Å². The lowest BCUT2D eigenvalue weighted by Crippen LogP contribution is -2.53. The van der Waals surface area contributed by atoms with Crippen molar-refractivity contribution in [3.05, 3.63) is 71.8 Å². The lowest BCUT2D eigenvalue weighted by atomic mass is 10.1. The van der Waals surface area contributed by atoms with E-state index in [9.17, 15) is 19.2 Å². The van der Waals surface area contributed by atoms with Gasteiger partial charge in [0.1, 0.15) is 25.9 Å². The molecule has 0 aliphatic heterocycles. The number of amides is 2. The molecule has 0 saturated carbocycles. The number of benzene rings is 2. The van der Waals surface area contributed by atoms with Crippen LogP contribution in [0.5, 0.6) is 0 Å². The predicted octanol–water partition coefficient (Wildman–Crippen LogP) is 2.14. The Morgan fingerprint density at radius 3 is 1.76 bits per heavy atom. The number of carbonyl (C=O) groups is 4. The number of hydrogen-bond donors (Lipinski definition) is 2. The maximum atomic E-state index is 13.0. The average molecular weight is 456 g/mol. The molecule has 2 amide bonds. The fourth-order valence-corrected chi connectivity index (χ4v) is 2.84. The van der Waals surface area contributed by atoms with E-state index in [4.69, 9.17) is 14.2 Å². The molecule has 1 atom stereocenters. The van der Waals surface area contributed by atoms with Gasteiger partial charge in [0.05, 0.1) is 6.04 Å². The van der Waals surface area contributed by atoms with Gasteiger partial charge in [0.15, 0.2) is 0 Å². The van der Waals surface area contributed by atoms with E-state index in [1.165, 1.54) is 13.8 Å². The second kappa shape index (κ2) is 13.5. The quantitative estimate of drug-likeness (QED) is 0.393.